The van der Waals surface area contributed by atoms with Gasteiger partial charge in [0.25, 0.3) is 0 Å². The van der Waals surface area contributed by atoms with Crippen molar-refractivity contribution in [3.05, 3.63) is 0 Å². The first-order valence-electron chi connectivity index (χ1n) is 50.0. The van der Waals surface area contributed by atoms with E-state index in [-0.39, 0.29) is 35.4 Å². The minimum Gasteiger partial charge on any atom is -0.356 e. The summed E-state index contributed by atoms with van der Waals surface area (Å²) in [7, 11) is 0. The highest BCUT2D eigenvalue weighted by molar-refractivity contribution is 5.78. The Bertz CT molecular complexity index is 1860. The van der Waals surface area contributed by atoms with Gasteiger partial charge in [0, 0.05) is 156 Å². The quantitative estimate of drug-likeness (QED) is 0.0320. The van der Waals surface area contributed by atoms with Gasteiger partial charge in [0.2, 0.25) is 35.4 Å². The van der Waals surface area contributed by atoms with Crippen LogP contribution in [0, 0.1) is 0 Å². The summed E-state index contributed by atoms with van der Waals surface area (Å²) in [6.45, 7) is 24.8. The van der Waals surface area contributed by atoms with E-state index in [4.69, 9.17) is 0 Å². The molecule has 0 aromatic rings. The highest BCUT2D eigenvalue weighted by Crippen LogP contribution is 2.17. The van der Waals surface area contributed by atoms with Gasteiger partial charge in [-0.15, -0.1) is 0 Å². The Labute approximate surface area is 701 Å². The highest BCUT2D eigenvalue weighted by Gasteiger charge is 2.20. The second-order valence-electron chi connectivity index (χ2n) is 34.4. The fourth-order valence-corrected chi connectivity index (χ4v) is 15.5. The summed E-state index contributed by atoms with van der Waals surface area (Å²) >= 11 is 0. The van der Waals surface area contributed by atoms with E-state index in [0.29, 0.717) is 156 Å². The maximum absolute atomic E-state index is 13.7. The maximum Gasteiger partial charge on any atom is 0.221 e. The number of hydrogen-bond donors (Lipinski definition) is 6. The molecule has 668 valence electrons. The second-order valence-corrected chi connectivity index (χ2v) is 34.4. The molecule has 6 amide bonds. The van der Waals surface area contributed by atoms with Crippen molar-refractivity contribution >= 4 is 35.4 Å². The summed E-state index contributed by atoms with van der Waals surface area (Å²) in [6.07, 6.45) is 78.4. The van der Waals surface area contributed by atoms with Gasteiger partial charge in [-0.2, -0.15) is 0 Å². The minimum absolute atomic E-state index is 0.0502. The van der Waals surface area contributed by atoms with E-state index in [1.54, 1.807) is 0 Å². The predicted octanol–water partition coefficient (Wildman–Crippen LogP) is 23.1. The van der Waals surface area contributed by atoms with Crippen LogP contribution in [-0.4, -0.2) is 173 Å². The molecule has 0 rings (SSSR count). The summed E-state index contributed by atoms with van der Waals surface area (Å²) in [5.41, 5.74) is 0. The summed E-state index contributed by atoms with van der Waals surface area (Å²) in [5.74, 6) is 0.305. The van der Waals surface area contributed by atoms with Gasteiger partial charge < -0.3 is 46.6 Å². The average molecular weight is 1600 g/mol. The van der Waals surface area contributed by atoms with Crippen molar-refractivity contribution < 1.29 is 28.8 Å². The van der Waals surface area contributed by atoms with E-state index in [1.807, 2.05) is 0 Å². The summed E-state index contributed by atoms with van der Waals surface area (Å²) < 4.78 is 0. The van der Waals surface area contributed by atoms with Gasteiger partial charge in [0.15, 0.2) is 0 Å². The monoisotopic (exact) mass is 1600 g/mol. The number of carbonyl (C=O) groups is 6. The molecule has 16 heteroatoms. The number of carbonyl (C=O) groups excluding carboxylic acids is 6. The van der Waals surface area contributed by atoms with E-state index < -0.39 is 0 Å². The molecular formula is C97H194N10O6. The highest BCUT2D eigenvalue weighted by atomic mass is 16.2. The van der Waals surface area contributed by atoms with E-state index in [2.05, 4.69) is 93.0 Å². The van der Waals surface area contributed by atoms with Crippen LogP contribution in [0.25, 0.3) is 0 Å². The van der Waals surface area contributed by atoms with E-state index in [0.717, 1.165) is 77.0 Å². The molecule has 6 N–H and O–H groups in total. The zero-order valence-electron chi connectivity index (χ0n) is 76.3. The van der Waals surface area contributed by atoms with Crippen molar-refractivity contribution in [2.45, 2.75) is 472 Å². The van der Waals surface area contributed by atoms with Crippen molar-refractivity contribution in [2.75, 3.05) is 118 Å². The fraction of sp³-hybridized carbons (Fsp3) is 0.938. The standard InChI is InChI=1S/C97H194N10O6/c1-7-13-19-25-31-37-42-43-49-55-61-67-79-103-97(113)73-85-104(80-68-92(108)98-74-62-56-50-44-36-30-24-18-12-6)86-89-107(90-87-105(81-69-93(109)99-75-63-57-51-45-38-32-26-20-14-8-2)82-70-94(110)100-76-64-58-52-46-39-33-27-21-15-9-3)91-88-106(83-71-95(111)101-77-65-59-53-47-40-34-28-22-16-10-4)84-72-96(112)102-78-66-60-54-48-41-35-29-23-17-11-5/h7-91H2,1-6H3,(H,98,108)(H,99,109)(H,100,110)(H,101,111)(H,102,112)(H,103,113). The molecule has 0 fully saturated rings. The first-order valence-corrected chi connectivity index (χ1v) is 50.0. The largest absolute Gasteiger partial charge is 0.356 e. The molecule has 0 heterocycles. The lowest BCUT2D eigenvalue weighted by Crippen LogP contribution is -2.45. The van der Waals surface area contributed by atoms with Crippen LogP contribution in [0.3, 0.4) is 0 Å². The Balaban J connectivity index is 6.87. The number of nitrogens with one attached hydrogen (secondary N) is 6. The van der Waals surface area contributed by atoms with Crippen LogP contribution in [0.5, 0.6) is 0 Å². The Hall–Kier alpha value is -3.34. The molecule has 0 radical (unpaired) electrons. The first kappa shape index (κ1) is 110. The van der Waals surface area contributed by atoms with Gasteiger partial charge in [-0.05, 0) is 38.5 Å². The smallest absolute Gasteiger partial charge is 0.221 e. The third kappa shape index (κ3) is 84.9. The molecular weight excluding hydrogens is 1400 g/mol. The number of hydrogen-bond acceptors (Lipinski definition) is 10. The zero-order valence-corrected chi connectivity index (χ0v) is 76.3. The molecule has 0 aliphatic heterocycles. The third-order valence-electron chi connectivity index (χ3n) is 23.5. The molecule has 16 nitrogen and oxygen atoms in total. The first-order chi connectivity index (χ1) is 55.5. The summed E-state index contributed by atoms with van der Waals surface area (Å²) in [6, 6.07) is 0. The van der Waals surface area contributed by atoms with Crippen LogP contribution in [-0.2, 0) is 28.8 Å². The van der Waals surface area contributed by atoms with Crippen molar-refractivity contribution in [2.24, 2.45) is 0 Å². The van der Waals surface area contributed by atoms with Gasteiger partial charge in [-0.25, -0.2) is 0 Å². The van der Waals surface area contributed by atoms with E-state index in [9.17, 15) is 28.8 Å². The Morgan fingerprint density at radius 1 is 0.142 bits per heavy atom. The molecule has 0 saturated heterocycles. The molecule has 0 aliphatic rings. The molecule has 0 atom stereocenters. The SMILES string of the molecule is CCCCCCCCCCCCCCNC(=O)CCN(CCC(=O)NCCCCCCCCCCC)CCN(CCN(CCC(=O)NCCCCCCCCCCCC)CCC(=O)NCCCCCCCCCCCC)CCN(CCC(=O)NCCCCCCCCCCCC)CCC(=O)NCCCCCCCCCCCC. The van der Waals surface area contributed by atoms with E-state index in [1.165, 1.54) is 315 Å². The third-order valence-corrected chi connectivity index (χ3v) is 23.5. The number of nitrogens with zero attached hydrogens (tertiary/aromatic N) is 4. The summed E-state index contributed by atoms with van der Waals surface area (Å²) in [5, 5.41) is 19.5. The van der Waals surface area contributed by atoms with Crippen LogP contribution < -0.4 is 31.9 Å². The normalized spacial score (nSPS) is 11.6. The van der Waals surface area contributed by atoms with Gasteiger partial charge in [0.1, 0.15) is 0 Å². The maximum atomic E-state index is 13.7. The lowest BCUT2D eigenvalue weighted by molar-refractivity contribution is -0.123. The van der Waals surface area contributed by atoms with Crippen LogP contribution in [0.2, 0.25) is 0 Å². The number of amides is 6. The molecule has 0 aromatic heterocycles. The molecule has 0 bridgehead atoms. The van der Waals surface area contributed by atoms with Gasteiger partial charge in [-0.3, -0.25) is 33.7 Å². The molecule has 0 saturated carbocycles. The number of rotatable bonds is 94. The van der Waals surface area contributed by atoms with Crippen LogP contribution in [0.4, 0.5) is 0 Å². The van der Waals surface area contributed by atoms with Gasteiger partial charge in [0.05, 0.1) is 0 Å². The Morgan fingerprint density at radius 2 is 0.239 bits per heavy atom. The van der Waals surface area contributed by atoms with Crippen molar-refractivity contribution in [1.82, 2.24) is 51.5 Å². The molecule has 0 unspecified atom stereocenters. The molecule has 0 aliphatic carbocycles. The average Bonchev–Trinajstić information content (AvgIpc) is 0.934. The van der Waals surface area contributed by atoms with Crippen LogP contribution >= 0.6 is 0 Å². The lowest BCUT2D eigenvalue weighted by Gasteiger charge is -2.32. The predicted molar refractivity (Wildman–Crippen MR) is 487 cm³/mol. The zero-order chi connectivity index (χ0) is 82.1. The fourth-order valence-electron chi connectivity index (χ4n) is 15.5. The van der Waals surface area contributed by atoms with Gasteiger partial charge >= 0.3 is 0 Å². The topological polar surface area (TPSA) is 188 Å². The minimum atomic E-state index is 0.0502. The molecule has 113 heavy (non-hydrogen) atoms. The van der Waals surface area contributed by atoms with Crippen molar-refractivity contribution in [3.8, 4) is 0 Å². The van der Waals surface area contributed by atoms with E-state index >= 15 is 0 Å². The lowest BCUT2D eigenvalue weighted by atomic mass is 10.1. The van der Waals surface area contributed by atoms with Gasteiger partial charge in [-0.1, -0.05) is 395 Å². The number of unbranched alkanes of at least 4 members (excludes halogenated alkanes) is 55. The van der Waals surface area contributed by atoms with Crippen molar-refractivity contribution in [3.63, 3.8) is 0 Å². The Morgan fingerprint density at radius 3 is 0.354 bits per heavy atom. The Kier molecular flexibility index (Phi) is 88.3. The summed E-state index contributed by atoms with van der Waals surface area (Å²) in [4.78, 5) is 91.5. The molecule has 0 aromatic carbocycles. The van der Waals surface area contributed by atoms with Crippen LogP contribution in [0.15, 0.2) is 0 Å². The molecule has 0 spiro atoms. The van der Waals surface area contributed by atoms with Crippen molar-refractivity contribution in [1.29, 1.82) is 0 Å². The second kappa shape index (κ2) is 91.0. The van der Waals surface area contributed by atoms with Crippen LogP contribution in [0.1, 0.15) is 472 Å².